The quantitative estimate of drug-likeness (QED) is 0.692. The molecular weight excluding hydrogens is 318 g/mol. The van der Waals surface area contributed by atoms with Gasteiger partial charge in [0.1, 0.15) is 0 Å². The lowest BCUT2D eigenvalue weighted by Crippen LogP contribution is -2.30. The minimum atomic E-state index is -3.64. The van der Waals surface area contributed by atoms with Crippen LogP contribution in [0.15, 0.2) is 89.8 Å². The van der Waals surface area contributed by atoms with Gasteiger partial charge in [-0.2, -0.15) is 0 Å². The van der Waals surface area contributed by atoms with E-state index in [4.69, 9.17) is 0 Å². The maximum atomic E-state index is 13.2. The van der Waals surface area contributed by atoms with E-state index in [0.29, 0.717) is 17.1 Å². The Bertz CT molecular complexity index is 907. The van der Waals surface area contributed by atoms with Crippen molar-refractivity contribution in [2.24, 2.45) is 0 Å². The van der Waals surface area contributed by atoms with Gasteiger partial charge in [0, 0.05) is 0 Å². The Hall–Kier alpha value is -2.59. The molecule has 0 unspecified atom stereocenters. The molecule has 0 heterocycles. The van der Waals surface area contributed by atoms with Crippen LogP contribution in [0.4, 0.5) is 5.69 Å². The highest BCUT2D eigenvalue weighted by Gasteiger charge is 2.25. The minimum Gasteiger partial charge on any atom is -0.262 e. The van der Waals surface area contributed by atoms with Crippen molar-refractivity contribution in [1.82, 2.24) is 0 Å². The number of nitrogens with zero attached hydrogens (tertiary/aromatic N) is 1. The third-order valence-corrected chi connectivity index (χ3v) is 5.58. The third kappa shape index (κ3) is 3.49. The van der Waals surface area contributed by atoms with Crippen molar-refractivity contribution in [3.8, 4) is 0 Å². The molecule has 0 aliphatic carbocycles. The van der Waals surface area contributed by atoms with E-state index in [1.165, 1.54) is 4.31 Å². The van der Waals surface area contributed by atoms with Gasteiger partial charge in [-0.15, -0.1) is 0 Å². The number of aryl methyl sites for hydroxylation is 1. The molecule has 0 aliphatic rings. The third-order valence-electron chi connectivity index (χ3n) is 3.79. The van der Waals surface area contributed by atoms with Gasteiger partial charge in [-0.25, -0.2) is 8.42 Å². The summed E-state index contributed by atoms with van der Waals surface area (Å²) in [4.78, 5) is 0.294. The van der Waals surface area contributed by atoms with Crippen LogP contribution in [0, 0.1) is 6.92 Å². The van der Waals surface area contributed by atoms with Gasteiger partial charge in [-0.3, -0.25) is 4.31 Å². The molecule has 3 nitrogen and oxygen atoms in total. The zero-order valence-electron chi connectivity index (χ0n) is 13.5. The van der Waals surface area contributed by atoms with Crippen molar-refractivity contribution in [3.63, 3.8) is 0 Å². The second-order valence-corrected chi connectivity index (χ2v) is 7.51. The van der Waals surface area contributed by atoms with Gasteiger partial charge in [0.15, 0.2) is 0 Å². The topological polar surface area (TPSA) is 37.4 Å². The molecule has 0 fully saturated rings. The number of benzene rings is 3. The van der Waals surface area contributed by atoms with Gasteiger partial charge in [-0.1, -0.05) is 60.7 Å². The molecule has 24 heavy (non-hydrogen) atoms. The lowest BCUT2D eigenvalue weighted by atomic mass is 10.2. The van der Waals surface area contributed by atoms with Crippen molar-refractivity contribution in [2.75, 3.05) is 4.31 Å². The van der Waals surface area contributed by atoms with Crippen LogP contribution in [-0.2, 0) is 16.6 Å². The van der Waals surface area contributed by atoms with Gasteiger partial charge in [-0.05, 0) is 42.3 Å². The fourth-order valence-electron chi connectivity index (χ4n) is 2.57. The highest BCUT2D eigenvalue weighted by Crippen LogP contribution is 2.26. The van der Waals surface area contributed by atoms with Crippen LogP contribution in [0.3, 0.4) is 0 Å². The van der Waals surface area contributed by atoms with E-state index >= 15 is 0 Å². The van der Waals surface area contributed by atoms with E-state index in [0.717, 1.165) is 11.1 Å². The first-order valence-corrected chi connectivity index (χ1v) is 9.20. The summed E-state index contributed by atoms with van der Waals surface area (Å²) in [5.74, 6) is 0. The second kappa shape index (κ2) is 6.89. The highest BCUT2D eigenvalue weighted by molar-refractivity contribution is 7.92. The van der Waals surface area contributed by atoms with Gasteiger partial charge in [0.2, 0.25) is 0 Å². The van der Waals surface area contributed by atoms with Gasteiger partial charge < -0.3 is 0 Å². The fraction of sp³-hybridized carbons (Fsp3) is 0.100. The van der Waals surface area contributed by atoms with Crippen LogP contribution in [0.1, 0.15) is 11.1 Å². The summed E-state index contributed by atoms with van der Waals surface area (Å²) in [5, 5.41) is 0. The first-order chi connectivity index (χ1) is 11.6. The smallest absolute Gasteiger partial charge is 0.262 e. The molecule has 0 amide bonds. The fourth-order valence-corrected chi connectivity index (χ4v) is 4.03. The molecule has 0 bridgehead atoms. The Morgan fingerprint density at radius 1 is 0.792 bits per heavy atom. The number of hydrogen-bond acceptors (Lipinski definition) is 2. The summed E-state index contributed by atoms with van der Waals surface area (Å²) in [6.45, 7) is 2.25. The Morgan fingerprint density at radius 2 is 1.42 bits per heavy atom. The van der Waals surface area contributed by atoms with Gasteiger partial charge >= 0.3 is 0 Å². The molecule has 0 saturated carbocycles. The van der Waals surface area contributed by atoms with Crippen molar-refractivity contribution >= 4 is 15.7 Å². The summed E-state index contributed by atoms with van der Waals surface area (Å²) in [6, 6.07) is 25.7. The first-order valence-electron chi connectivity index (χ1n) is 7.76. The molecule has 3 aromatic carbocycles. The zero-order valence-corrected chi connectivity index (χ0v) is 14.3. The van der Waals surface area contributed by atoms with E-state index in [1.54, 1.807) is 24.3 Å². The monoisotopic (exact) mass is 337 g/mol. The van der Waals surface area contributed by atoms with Crippen LogP contribution in [-0.4, -0.2) is 8.42 Å². The molecule has 4 heteroatoms. The molecule has 0 N–H and O–H groups in total. The van der Waals surface area contributed by atoms with Crippen molar-refractivity contribution < 1.29 is 8.42 Å². The summed E-state index contributed by atoms with van der Waals surface area (Å²) < 4.78 is 27.8. The normalized spacial score (nSPS) is 11.2. The molecule has 0 radical (unpaired) electrons. The van der Waals surface area contributed by atoms with Crippen molar-refractivity contribution in [3.05, 3.63) is 96.1 Å². The van der Waals surface area contributed by atoms with Gasteiger partial charge in [0.25, 0.3) is 10.0 Å². The van der Waals surface area contributed by atoms with Crippen molar-refractivity contribution in [1.29, 1.82) is 0 Å². The van der Waals surface area contributed by atoms with E-state index in [9.17, 15) is 8.42 Å². The molecule has 0 spiro atoms. The summed E-state index contributed by atoms with van der Waals surface area (Å²) in [5.41, 5.74) is 2.63. The van der Waals surface area contributed by atoms with Crippen LogP contribution < -0.4 is 4.31 Å². The van der Waals surface area contributed by atoms with Crippen LogP contribution in [0.2, 0.25) is 0 Å². The Labute approximate surface area is 143 Å². The summed E-state index contributed by atoms with van der Waals surface area (Å²) in [6.07, 6.45) is 0. The maximum Gasteiger partial charge on any atom is 0.264 e. The standard InChI is InChI=1S/C20H19NO2S/c1-17-9-8-12-19(15-17)21(16-18-10-4-2-5-11-18)24(22,23)20-13-6-3-7-14-20/h2-15H,16H2,1H3. The highest BCUT2D eigenvalue weighted by atomic mass is 32.2. The predicted molar refractivity (Wildman–Crippen MR) is 97.4 cm³/mol. The molecule has 3 aromatic rings. The van der Waals surface area contributed by atoms with Crippen molar-refractivity contribution in [2.45, 2.75) is 18.4 Å². The molecular formula is C20H19NO2S. The average molecular weight is 337 g/mol. The first kappa shape index (κ1) is 16.3. The lowest BCUT2D eigenvalue weighted by Gasteiger charge is -2.25. The molecule has 0 saturated heterocycles. The summed E-state index contributed by atoms with van der Waals surface area (Å²) in [7, 11) is -3.64. The Balaban J connectivity index is 2.08. The van der Waals surface area contributed by atoms with Crippen LogP contribution >= 0.6 is 0 Å². The van der Waals surface area contributed by atoms with E-state index in [2.05, 4.69) is 0 Å². The molecule has 3 rings (SSSR count). The number of sulfonamides is 1. The minimum absolute atomic E-state index is 0.293. The second-order valence-electron chi connectivity index (χ2n) is 5.65. The molecule has 0 aromatic heterocycles. The molecule has 0 atom stereocenters. The number of anilines is 1. The molecule has 0 aliphatic heterocycles. The molecule has 122 valence electrons. The SMILES string of the molecule is Cc1cccc(N(Cc2ccccc2)S(=O)(=O)c2ccccc2)c1. The number of rotatable bonds is 5. The maximum absolute atomic E-state index is 13.2. The number of hydrogen-bond donors (Lipinski definition) is 0. The van der Waals surface area contributed by atoms with Crippen LogP contribution in [0.5, 0.6) is 0 Å². The lowest BCUT2D eigenvalue weighted by molar-refractivity contribution is 0.590. The predicted octanol–water partition coefficient (Wildman–Crippen LogP) is 4.39. The summed E-state index contributed by atoms with van der Waals surface area (Å²) >= 11 is 0. The Kier molecular flexibility index (Phi) is 4.67. The average Bonchev–Trinajstić information content (AvgIpc) is 2.61. The van der Waals surface area contributed by atoms with Gasteiger partial charge in [0.05, 0.1) is 17.1 Å². The largest absolute Gasteiger partial charge is 0.264 e. The zero-order chi connectivity index (χ0) is 17.0. The van der Waals surface area contributed by atoms with Crippen LogP contribution in [0.25, 0.3) is 0 Å². The van der Waals surface area contributed by atoms with E-state index < -0.39 is 10.0 Å². The Morgan fingerprint density at radius 3 is 2.04 bits per heavy atom. The van der Waals surface area contributed by atoms with E-state index in [1.807, 2.05) is 67.6 Å². The van der Waals surface area contributed by atoms with E-state index in [-0.39, 0.29) is 0 Å².